The van der Waals surface area contributed by atoms with E-state index in [0.29, 0.717) is 5.02 Å². The zero-order chi connectivity index (χ0) is 14.0. The SMILES string of the molecule is CCc1c(C(N)CC)nnn1-c1ccc(Cl)cc1Br. The topological polar surface area (TPSA) is 56.7 Å². The summed E-state index contributed by atoms with van der Waals surface area (Å²) in [5, 5.41) is 9.14. The Morgan fingerprint density at radius 2 is 2.16 bits per heavy atom. The molecule has 2 rings (SSSR count). The zero-order valence-corrected chi connectivity index (χ0v) is 13.2. The molecule has 0 saturated heterocycles. The van der Waals surface area contributed by atoms with Crippen LogP contribution in [0.4, 0.5) is 0 Å². The molecule has 1 atom stereocenters. The molecule has 6 heteroatoms. The van der Waals surface area contributed by atoms with Gasteiger partial charge in [0, 0.05) is 9.50 Å². The second kappa shape index (κ2) is 6.03. The van der Waals surface area contributed by atoms with Crippen LogP contribution in [0, 0.1) is 0 Å². The third kappa shape index (κ3) is 2.83. The van der Waals surface area contributed by atoms with Gasteiger partial charge in [0.25, 0.3) is 0 Å². The first-order chi connectivity index (χ1) is 9.08. The number of benzene rings is 1. The first kappa shape index (κ1) is 14.5. The number of nitrogens with zero attached hydrogens (tertiary/aromatic N) is 3. The van der Waals surface area contributed by atoms with Crippen molar-refractivity contribution < 1.29 is 0 Å². The van der Waals surface area contributed by atoms with Crippen LogP contribution in [0.3, 0.4) is 0 Å². The van der Waals surface area contributed by atoms with E-state index in [1.807, 2.05) is 29.8 Å². The Labute approximate surface area is 126 Å². The van der Waals surface area contributed by atoms with Crippen LogP contribution in [0.1, 0.15) is 37.7 Å². The lowest BCUT2D eigenvalue weighted by molar-refractivity contribution is 0.665. The van der Waals surface area contributed by atoms with Crippen LogP contribution in [-0.4, -0.2) is 15.0 Å². The van der Waals surface area contributed by atoms with Crippen molar-refractivity contribution in [3.05, 3.63) is 39.1 Å². The van der Waals surface area contributed by atoms with Crippen molar-refractivity contribution in [3.8, 4) is 5.69 Å². The fourth-order valence-electron chi connectivity index (χ4n) is 1.97. The van der Waals surface area contributed by atoms with Gasteiger partial charge in [-0.15, -0.1) is 5.10 Å². The van der Waals surface area contributed by atoms with Crippen LogP contribution in [0.5, 0.6) is 0 Å². The summed E-state index contributed by atoms with van der Waals surface area (Å²) in [5.74, 6) is 0. The summed E-state index contributed by atoms with van der Waals surface area (Å²) in [6.45, 7) is 4.12. The molecule has 0 aliphatic rings. The second-order valence-corrected chi connectivity index (χ2v) is 5.59. The van der Waals surface area contributed by atoms with Crippen LogP contribution in [0.15, 0.2) is 22.7 Å². The van der Waals surface area contributed by atoms with Gasteiger partial charge in [0.05, 0.1) is 17.4 Å². The summed E-state index contributed by atoms with van der Waals surface area (Å²) in [6.07, 6.45) is 1.67. The fraction of sp³-hybridized carbons (Fsp3) is 0.385. The molecule has 1 unspecified atom stereocenters. The van der Waals surface area contributed by atoms with Gasteiger partial charge in [-0.2, -0.15) is 0 Å². The van der Waals surface area contributed by atoms with Crippen molar-refractivity contribution >= 4 is 27.5 Å². The zero-order valence-electron chi connectivity index (χ0n) is 10.9. The summed E-state index contributed by atoms with van der Waals surface area (Å²) in [5.41, 5.74) is 8.90. The number of halogens is 2. The number of nitrogens with two attached hydrogens (primary N) is 1. The highest BCUT2D eigenvalue weighted by molar-refractivity contribution is 9.10. The maximum Gasteiger partial charge on any atom is 0.103 e. The van der Waals surface area contributed by atoms with Crippen LogP contribution >= 0.6 is 27.5 Å². The molecule has 1 heterocycles. The van der Waals surface area contributed by atoms with E-state index in [4.69, 9.17) is 17.3 Å². The third-order valence-corrected chi connectivity index (χ3v) is 3.93. The Bertz CT molecular complexity index is 582. The summed E-state index contributed by atoms with van der Waals surface area (Å²) in [7, 11) is 0. The number of hydrogen-bond donors (Lipinski definition) is 1. The van der Waals surface area contributed by atoms with Gasteiger partial charge in [-0.1, -0.05) is 30.7 Å². The van der Waals surface area contributed by atoms with Crippen LogP contribution in [0.2, 0.25) is 5.02 Å². The van der Waals surface area contributed by atoms with E-state index in [1.165, 1.54) is 0 Å². The standard InChI is InChI=1S/C13H16BrClN4/c1-3-10(16)13-11(4-2)19(18-17-13)12-6-5-8(15)7-9(12)14/h5-7,10H,3-4,16H2,1-2H3. The van der Waals surface area contributed by atoms with Crippen LogP contribution < -0.4 is 5.73 Å². The van der Waals surface area contributed by atoms with Gasteiger partial charge in [-0.05, 0) is 47.0 Å². The van der Waals surface area contributed by atoms with E-state index in [1.54, 1.807) is 0 Å². The third-order valence-electron chi connectivity index (χ3n) is 3.06. The second-order valence-electron chi connectivity index (χ2n) is 4.30. The molecule has 0 bridgehead atoms. The van der Waals surface area contributed by atoms with Gasteiger partial charge >= 0.3 is 0 Å². The molecule has 2 N–H and O–H groups in total. The Balaban J connectivity index is 2.53. The number of rotatable bonds is 4. The Hall–Kier alpha value is -0.910. The molecule has 0 radical (unpaired) electrons. The van der Waals surface area contributed by atoms with E-state index in [2.05, 4.69) is 33.2 Å². The molecule has 102 valence electrons. The Morgan fingerprint density at radius 1 is 1.42 bits per heavy atom. The monoisotopic (exact) mass is 342 g/mol. The van der Waals surface area contributed by atoms with Crippen molar-refractivity contribution in [1.29, 1.82) is 0 Å². The Kier molecular flexibility index (Phi) is 4.60. The summed E-state index contributed by atoms with van der Waals surface area (Å²) in [6, 6.07) is 5.52. The molecule has 0 amide bonds. The van der Waals surface area contributed by atoms with Crippen LogP contribution in [-0.2, 0) is 6.42 Å². The lowest BCUT2D eigenvalue weighted by atomic mass is 10.1. The molecule has 0 aliphatic carbocycles. The van der Waals surface area contributed by atoms with E-state index in [-0.39, 0.29) is 6.04 Å². The summed E-state index contributed by atoms with van der Waals surface area (Å²) in [4.78, 5) is 0. The normalized spacial score (nSPS) is 12.7. The molecule has 0 spiro atoms. The summed E-state index contributed by atoms with van der Waals surface area (Å²) >= 11 is 9.47. The molecule has 19 heavy (non-hydrogen) atoms. The average molecular weight is 344 g/mol. The largest absolute Gasteiger partial charge is 0.323 e. The molecule has 1 aromatic carbocycles. The Morgan fingerprint density at radius 3 is 2.74 bits per heavy atom. The van der Waals surface area contributed by atoms with Crippen molar-refractivity contribution in [3.63, 3.8) is 0 Å². The quantitative estimate of drug-likeness (QED) is 0.921. The minimum absolute atomic E-state index is 0.0743. The predicted octanol–water partition coefficient (Wildman–Crippen LogP) is 3.66. The number of hydrogen-bond acceptors (Lipinski definition) is 3. The van der Waals surface area contributed by atoms with Crippen molar-refractivity contribution in [2.24, 2.45) is 5.73 Å². The van der Waals surface area contributed by atoms with Crippen molar-refractivity contribution in [1.82, 2.24) is 15.0 Å². The van der Waals surface area contributed by atoms with E-state index < -0.39 is 0 Å². The van der Waals surface area contributed by atoms with Crippen LogP contribution in [0.25, 0.3) is 5.69 Å². The molecule has 4 nitrogen and oxygen atoms in total. The lowest BCUT2D eigenvalue weighted by Gasteiger charge is -2.10. The number of aromatic nitrogens is 3. The highest BCUT2D eigenvalue weighted by atomic mass is 79.9. The van der Waals surface area contributed by atoms with Crippen molar-refractivity contribution in [2.45, 2.75) is 32.7 Å². The van der Waals surface area contributed by atoms with E-state index in [9.17, 15) is 0 Å². The molecule has 0 saturated carbocycles. The highest BCUT2D eigenvalue weighted by Crippen LogP contribution is 2.27. The van der Waals surface area contributed by atoms with Gasteiger partial charge in [-0.25, -0.2) is 4.68 Å². The minimum atomic E-state index is -0.0743. The predicted molar refractivity (Wildman–Crippen MR) is 80.7 cm³/mol. The van der Waals surface area contributed by atoms with Crippen molar-refractivity contribution in [2.75, 3.05) is 0 Å². The van der Waals surface area contributed by atoms with Gasteiger partial charge < -0.3 is 5.73 Å². The molecule has 0 aliphatic heterocycles. The van der Waals surface area contributed by atoms with Gasteiger partial charge in [0.1, 0.15) is 5.69 Å². The minimum Gasteiger partial charge on any atom is -0.323 e. The lowest BCUT2D eigenvalue weighted by Crippen LogP contribution is -2.12. The van der Waals surface area contributed by atoms with Gasteiger partial charge in [0.15, 0.2) is 0 Å². The van der Waals surface area contributed by atoms with Gasteiger partial charge in [0.2, 0.25) is 0 Å². The molecule has 2 aromatic rings. The highest BCUT2D eigenvalue weighted by Gasteiger charge is 2.18. The maximum absolute atomic E-state index is 6.08. The average Bonchev–Trinajstić information content (AvgIpc) is 2.81. The smallest absolute Gasteiger partial charge is 0.103 e. The molecular weight excluding hydrogens is 328 g/mol. The van der Waals surface area contributed by atoms with E-state index in [0.717, 1.165) is 34.4 Å². The van der Waals surface area contributed by atoms with Gasteiger partial charge in [-0.3, -0.25) is 0 Å². The first-order valence-electron chi connectivity index (χ1n) is 6.23. The molecule has 0 fully saturated rings. The first-order valence-corrected chi connectivity index (χ1v) is 7.41. The maximum atomic E-state index is 6.08. The molecule has 1 aromatic heterocycles. The molecular formula is C13H16BrClN4. The fourth-order valence-corrected chi connectivity index (χ4v) is 2.82. The summed E-state index contributed by atoms with van der Waals surface area (Å²) < 4.78 is 2.71. The van der Waals surface area contributed by atoms with E-state index >= 15 is 0 Å².